The van der Waals surface area contributed by atoms with Crippen LogP contribution in [-0.4, -0.2) is 30.4 Å². The second-order valence-corrected chi connectivity index (χ2v) is 4.31. The summed E-state index contributed by atoms with van der Waals surface area (Å²) >= 11 is 0. The average Bonchev–Trinajstić information content (AvgIpc) is 2.18. The van der Waals surface area contributed by atoms with Crippen LogP contribution >= 0.6 is 0 Å². The zero-order valence-electron chi connectivity index (χ0n) is 9.84. The highest BCUT2D eigenvalue weighted by atomic mass is 16.2. The zero-order valence-corrected chi connectivity index (χ0v) is 9.84. The summed E-state index contributed by atoms with van der Waals surface area (Å²) in [5.74, 6) is 1.02. The van der Waals surface area contributed by atoms with E-state index >= 15 is 0 Å². The lowest BCUT2D eigenvalue weighted by atomic mass is 10.1. The summed E-state index contributed by atoms with van der Waals surface area (Å²) in [7, 11) is 0. The van der Waals surface area contributed by atoms with Crippen LogP contribution < -0.4 is 10.6 Å². The van der Waals surface area contributed by atoms with Crippen molar-refractivity contribution in [1.29, 1.82) is 0 Å². The molecule has 1 rings (SSSR count). The number of carbonyl (C=O) groups is 1. The largest absolute Gasteiger partial charge is 0.362 e. The third kappa shape index (κ3) is 4.32. The van der Waals surface area contributed by atoms with Gasteiger partial charge in [0, 0.05) is 19.0 Å². The Balaban J connectivity index is 2.36. The second-order valence-electron chi connectivity index (χ2n) is 4.31. The third-order valence-corrected chi connectivity index (χ3v) is 2.33. The van der Waals surface area contributed by atoms with E-state index in [2.05, 4.69) is 15.6 Å². The Hall–Kier alpha value is -1.06. The van der Waals surface area contributed by atoms with Crippen LogP contribution in [0.5, 0.6) is 0 Å². The van der Waals surface area contributed by atoms with E-state index in [4.69, 9.17) is 0 Å². The molecule has 1 aliphatic heterocycles. The van der Waals surface area contributed by atoms with Crippen LogP contribution in [0.4, 0.5) is 0 Å². The van der Waals surface area contributed by atoms with Gasteiger partial charge in [0.25, 0.3) is 0 Å². The Labute approximate surface area is 91.5 Å². The number of nitrogens with one attached hydrogen (secondary N) is 2. The highest BCUT2D eigenvalue weighted by Gasteiger charge is 2.15. The van der Waals surface area contributed by atoms with E-state index in [-0.39, 0.29) is 18.0 Å². The van der Waals surface area contributed by atoms with Crippen LogP contribution in [0.1, 0.15) is 40.0 Å². The number of hydrogen-bond donors (Lipinski definition) is 2. The topological polar surface area (TPSA) is 53.5 Å². The molecule has 0 saturated heterocycles. The highest BCUT2D eigenvalue weighted by molar-refractivity contribution is 5.90. The SMILES string of the molecule is CC(C)NC(=O)C(C)NC1=NCCCC1. The fourth-order valence-corrected chi connectivity index (χ4v) is 1.54. The van der Waals surface area contributed by atoms with Gasteiger partial charge in [-0.25, -0.2) is 0 Å². The van der Waals surface area contributed by atoms with Crippen molar-refractivity contribution in [1.82, 2.24) is 10.6 Å². The molecular weight excluding hydrogens is 190 g/mol. The van der Waals surface area contributed by atoms with Gasteiger partial charge in [0.2, 0.25) is 5.91 Å². The fraction of sp³-hybridized carbons (Fsp3) is 0.818. The van der Waals surface area contributed by atoms with Crippen molar-refractivity contribution >= 4 is 11.7 Å². The maximum absolute atomic E-state index is 11.6. The van der Waals surface area contributed by atoms with Crippen molar-refractivity contribution in [3.05, 3.63) is 0 Å². The van der Waals surface area contributed by atoms with Crippen LogP contribution in [-0.2, 0) is 4.79 Å². The van der Waals surface area contributed by atoms with Crippen molar-refractivity contribution in [2.45, 2.75) is 52.1 Å². The van der Waals surface area contributed by atoms with E-state index in [1.54, 1.807) is 0 Å². The first-order valence-corrected chi connectivity index (χ1v) is 5.70. The summed E-state index contributed by atoms with van der Waals surface area (Å²) in [5, 5.41) is 6.04. The Morgan fingerprint density at radius 1 is 1.33 bits per heavy atom. The number of rotatable bonds is 3. The Bertz CT molecular complexity index is 248. The number of nitrogens with zero attached hydrogens (tertiary/aromatic N) is 1. The minimum Gasteiger partial charge on any atom is -0.362 e. The minimum atomic E-state index is -0.191. The van der Waals surface area contributed by atoms with Gasteiger partial charge in [-0.15, -0.1) is 0 Å². The summed E-state index contributed by atoms with van der Waals surface area (Å²) in [6.07, 6.45) is 3.31. The molecule has 2 N–H and O–H groups in total. The quantitative estimate of drug-likeness (QED) is 0.733. The van der Waals surface area contributed by atoms with Crippen LogP contribution in [0.25, 0.3) is 0 Å². The molecule has 1 aliphatic rings. The van der Waals surface area contributed by atoms with E-state index < -0.39 is 0 Å². The molecule has 1 amide bonds. The molecule has 0 radical (unpaired) electrons. The molecule has 86 valence electrons. The Morgan fingerprint density at radius 2 is 2.07 bits per heavy atom. The molecule has 4 heteroatoms. The standard InChI is InChI=1S/C11H21N3O/c1-8(2)13-11(15)9(3)14-10-6-4-5-7-12-10/h8-9H,4-7H2,1-3H3,(H,12,14)(H,13,15). The van der Waals surface area contributed by atoms with Gasteiger partial charge in [-0.3, -0.25) is 9.79 Å². The van der Waals surface area contributed by atoms with Crippen molar-refractivity contribution < 1.29 is 4.79 Å². The minimum absolute atomic E-state index is 0.0401. The van der Waals surface area contributed by atoms with E-state index in [9.17, 15) is 4.79 Å². The number of amidine groups is 1. The summed E-state index contributed by atoms with van der Waals surface area (Å²) in [6, 6.07) is -0.000653. The second kappa shape index (κ2) is 5.73. The normalized spacial score (nSPS) is 18.3. The number of amides is 1. The third-order valence-electron chi connectivity index (χ3n) is 2.33. The molecule has 0 aromatic rings. The number of aliphatic imine (C=N–C) groups is 1. The number of hydrogen-bond acceptors (Lipinski definition) is 3. The van der Waals surface area contributed by atoms with Gasteiger partial charge < -0.3 is 10.6 Å². The fourth-order valence-electron chi connectivity index (χ4n) is 1.54. The van der Waals surface area contributed by atoms with Gasteiger partial charge in [-0.2, -0.15) is 0 Å². The molecule has 0 bridgehead atoms. The van der Waals surface area contributed by atoms with Crippen molar-refractivity contribution in [3.63, 3.8) is 0 Å². The molecule has 0 aromatic carbocycles. The average molecular weight is 211 g/mol. The number of carbonyl (C=O) groups excluding carboxylic acids is 1. The van der Waals surface area contributed by atoms with Gasteiger partial charge in [-0.05, 0) is 33.6 Å². The zero-order chi connectivity index (χ0) is 11.3. The van der Waals surface area contributed by atoms with Crippen LogP contribution in [0.15, 0.2) is 4.99 Å². The summed E-state index contributed by atoms with van der Waals surface area (Å²) < 4.78 is 0. The van der Waals surface area contributed by atoms with Crippen LogP contribution in [0.2, 0.25) is 0 Å². The van der Waals surface area contributed by atoms with Gasteiger partial charge >= 0.3 is 0 Å². The maximum atomic E-state index is 11.6. The van der Waals surface area contributed by atoms with Gasteiger partial charge in [0.15, 0.2) is 0 Å². The molecule has 4 nitrogen and oxygen atoms in total. The smallest absolute Gasteiger partial charge is 0.242 e. The molecule has 1 unspecified atom stereocenters. The first-order valence-electron chi connectivity index (χ1n) is 5.70. The van der Waals surface area contributed by atoms with Gasteiger partial charge in [0.1, 0.15) is 6.04 Å². The lowest BCUT2D eigenvalue weighted by molar-refractivity contribution is -0.122. The van der Waals surface area contributed by atoms with E-state index in [0.717, 1.165) is 25.2 Å². The van der Waals surface area contributed by atoms with E-state index in [1.165, 1.54) is 6.42 Å². The molecule has 0 spiro atoms. The van der Waals surface area contributed by atoms with Crippen molar-refractivity contribution in [3.8, 4) is 0 Å². The molecule has 0 saturated carbocycles. The lowest BCUT2D eigenvalue weighted by Gasteiger charge is -2.20. The monoisotopic (exact) mass is 211 g/mol. The van der Waals surface area contributed by atoms with Crippen molar-refractivity contribution in [2.24, 2.45) is 4.99 Å². The molecule has 1 heterocycles. The van der Waals surface area contributed by atoms with E-state index in [1.807, 2.05) is 20.8 Å². The van der Waals surface area contributed by atoms with Crippen LogP contribution in [0.3, 0.4) is 0 Å². The predicted molar refractivity (Wildman–Crippen MR) is 62.0 cm³/mol. The summed E-state index contributed by atoms with van der Waals surface area (Å²) in [6.45, 7) is 6.68. The van der Waals surface area contributed by atoms with Gasteiger partial charge in [-0.1, -0.05) is 0 Å². The lowest BCUT2D eigenvalue weighted by Crippen LogP contribution is -2.47. The Morgan fingerprint density at radius 3 is 2.60 bits per heavy atom. The Kier molecular flexibility index (Phi) is 4.59. The first-order chi connectivity index (χ1) is 7.09. The first kappa shape index (κ1) is 12.0. The highest BCUT2D eigenvalue weighted by Crippen LogP contribution is 2.04. The molecule has 1 atom stereocenters. The molecule has 0 aromatic heterocycles. The van der Waals surface area contributed by atoms with Gasteiger partial charge in [0.05, 0.1) is 5.84 Å². The summed E-state index contributed by atoms with van der Waals surface area (Å²) in [5.41, 5.74) is 0. The predicted octanol–water partition coefficient (Wildman–Crippen LogP) is 1.07. The molecule has 15 heavy (non-hydrogen) atoms. The van der Waals surface area contributed by atoms with Crippen LogP contribution in [0, 0.1) is 0 Å². The van der Waals surface area contributed by atoms with E-state index in [0.29, 0.717) is 0 Å². The maximum Gasteiger partial charge on any atom is 0.242 e. The summed E-state index contributed by atoms with van der Waals surface area (Å²) in [4.78, 5) is 16.0. The molecule has 0 fully saturated rings. The van der Waals surface area contributed by atoms with Crippen molar-refractivity contribution in [2.75, 3.05) is 6.54 Å². The molecular formula is C11H21N3O. The molecule has 0 aliphatic carbocycles.